The minimum Gasteiger partial charge on any atom is -0.493 e. The predicted octanol–water partition coefficient (Wildman–Crippen LogP) is 3.65. The van der Waals surface area contributed by atoms with E-state index in [0.29, 0.717) is 22.5 Å². The zero-order valence-corrected chi connectivity index (χ0v) is 18.8. The number of para-hydroxylation sites is 1. The number of nitrogens with one attached hydrogen (secondary N) is 1. The van der Waals surface area contributed by atoms with E-state index in [-0.39, 0.29) is 27.6 Å². The van der Waals surface area contributed by atoms with Gasteiger partial charge in [0.1, 0.15) is 11.6 Å². The zero-order chi connectivity index (χ0) is 23.8. The molecule has 0 bridgehead atoms. The van der Waals surface area contributed by atoms with E-state index in [1.54, 1.807) is 31.2 Å². The van der Waals surface area contributed by atoms with Crippen LogP contribution in [0.15, 0.2) is 70.4 Å². The van der Waals surface area contributed by atoms with Gasteiger partial charge in [0.25, 0.3) is 15.6 Å². The summed E-state index contributed by atoms with van der Waals surface area (Å²) in [6.45, 7) is 1.64. The highest BCUT2D eigenvalue weighted by Crippen LogP contribution is 2.31. The first-order chi connectivity index (χ1) is 15.7. The number of fused-ring (bicyclic) bond motifs is 1. The van der Waals surface area contributed by atoms with Gasteiger partial charge in [-0.2, -0.15) is 0 Å². The third kappa shape index (κ3) is 4.12. The molecule has 0 aliphatic carbocycles. The lowest BCUT2D eigenvalue weighted by atomic mass is 10.2. The van der Waals surface area contributed by atoms with Crippen LogP contribution in [0.1, 0.15) is 5.82 Å². The van der Waals surface area contributed by atoms with Crippen LogP contribution in [0.5, 0.6) is 11.5 Å². The Kier molecular flexibility index (Phi) is 5.77. The van der Waals surface area contributed by atoms with Crippen molar-refractivity contribution in [2.45, 2.75) is 11.8 Å². The van der Waals surface area contributed by atoms with Gasteiger partial charge < -0.3 is 9.47 Å². The Morgan fingerprint density at radius 3 is 2.42 bits per heavy atom. The van der Waals surface area contributed by atoms with Gasteiger partial charge in [0.15, 0.2) is 11.5 Å². The molecule has 3 aromatic carbocycles. The van der Waals surface area contributed by atoms with Crippen LogP contribution in [0.2, 0.25) is 0 Å². The van der Waals surface area contributed by atoms with Crippen LogP contribution in [0.25, 0.3) is 16.6 Å². The van der Waals surface area contributed by atoms with Crippen molar-refractivity contribution in [2.24, 2.45) is 0 Å². The topological polar surface area (TPSA) is 99.5 Å². The molecule has 1 N–H and O–H groups in total. The second kappa shape index (κ2) is 8.55. The quantitative estimate of drug-likeness (QED) is 0.463. The number of hydrogen-bond donors (Lipinski definition) is 1. The Bertz CT molecular complexity index is 1530. The van der Waals surface area contributed by atoms with Gasteiger partial charge >= 0.3 is 0 Å². The highest BCUT2D eigenvalue weighted by atomic mass is 32.2. The number of hydrogen-bond acceptors (Lipinski definition) is 6. The number of aryl methyl sites for hydroxylation is 1. The van der Waals surface area contributed by atoms with E-state index in [1.807, 2.05) is 0 Å². The summed E-state index contributed by atoms with van der Waals surface area (Å²) in [6, 6.07) is 14.6. The summed E-state index contributed by atoms with van der Waals surface area (Å²) in [4.78, 5) is 17.3. The molecule has 0 saturated heterocycles. The molecule has 0 spiro atoms. The zero-order valence-electron chi connectivity index (χ0n) is 18.0. The monoisotopic (exact) mass is 469 g/mol. The summed E-state index contributed by atoms with van der Waals surface area (Å²) in [5, 5.41) is 0.389. The number of sulfonamides is 1. The first kappa shape index (κ1) is 22.3. The second-order valence-electron chi connectivity index (χ2n) is 7.10. The number of anilines is 1. The molecule has 0 radical (unpaired) electrons. The molecule has 1 heterocycles. The smallest absolute Gasteiger partial charge is 0.265 e. The summed E-state index contributed by atoms with van der Waals surface area (Å²) in [7, 11) is -1.37. The highest BCUT2D eigenvalue weighted by Gasteiger charge is 2.20. The van der Waals surface area contributed by atoms with Gasteiger partial charge in [-0.25, -0.2) is 17.8 Å². The Labute approximate surface area is 189 Å². The van der Waals surface area contributed by atoms with E-state index in [1.165, 1.54) is 49.1 Å². The summed E-state index contributed by atoms with van der Waals surface area (Å²) in [6.07, 6.45) is 0. The lowest BCUT2D eigenvalue weighted by Gasteiger charge is -2.15. The fraction of sp³-hybridized carbons (Fsp3) is 0.130. The third-order valence-electron chi connectivity index (χ3n) is 5.06. The van der Waals surface area contributed by atoms with E-state index in [0.717, 1.165) is 6.07 Å². The number of nitrogens with zero attached hydrogens (tertiary/aromatic N) is 2. The molecule has 10 heteroatoms. The molecule has 0 saturated carbocycles. The van der Waals surface area contributed by atoms with Gasteiger partial charge in [-0.1, -0.05) is 12.1 Å². The predicted molar refractivity (Wildman–Crippen MR) is 122 cm³/mol. The van der Waals surface area contributed by atoms with Crippen LogP contribution in [-0.2, 0) is 10.0 Å². The Morgan fingerprint density at radius 1 is 0.970 bits per heavy atom. The van der Waals surface area contributed by atoms with Crippen LogP contribution < -0.4 is 19.8 Å². The molecule has 0 amide bonds. The molecule has 0 aliphatic rings. The Balaban J connectivity index is 1.78. The van der Waals surface area contributed by atoms with Crippen molar-refractivity contribution >= 4 is 26.6 Å². The molecule has 170 valence electrons. The molecule has 4 rings (SSSR count). The number of rotatable bonds is 6. The van der Waals surface area contributed by atoms with Gasteiger partial charge in [0.2, 0.25) is 0 Å². The number of ether oxygens (including phenoxy) is 2. The maximum atomic E-state index is 14.6. The lowest BCUT2D eigenvalue weighted by molar-refractivity contribution is 0.354. The number of aromatic nitrogens is 2. The van der Waals surface area contributed by atoms with Crippen LogP contribution in [0.4, 0.5) is 10.1 Å². The highest BCUT2D eigenvalue weighted by molar-refractivity contribution is 7.92. The van der Waals surface area contributed by atoms with E-state index in [2.05, 4.69) is 9.71 Å². The summed E-state index contributed by atoms with van der Waals surface area (Å²) >= 11 is 0. The first-order valence-corrected chi connectivity index (χ1v) is 11.3. The number of benzene rings is 3. The van der Waals surface area contributed by atoms with E-state index < -0.39 is 15.8 Å². The van der Waals surface area contributed by atoms with Crippen molar-refractivity contribution in [1.82, 2.24) is 9.55 Å². The van der Waals surface area contributed by atoms with Gasteiger partial charge in [0, 0.05) is 6.07 Å². The maximum Gasteiger partial charge on any atom is 0.265 e. The first-order valence-electron chi connectivity index (χ1n) is 9.78. The minimum atomic E-state index is -4.18. The van der Waals surface area contributed by atoms with Crippen LogP contribution >= 0.6 is 0 Å². The average molecular weight is 469 g/mol. The number of methoxy groups -OCH3 is 2. The maximum absolute atomic E-state index is 14.6. The van der Waals surface area contributed by atoms with Gasteiger partial charge in [-0.05, 0) is 49.4 Å². The molecule has 1 aromatic heterocycles. The van der Waals surface area contributed by atoms with Crippen LogP contribution in [0, 0.1) is 12.7 Å². The van der Waals surface area contributed by atoms with Gasteiger partial charge in [-0.3, -0.25) is 14.1 Å². The average Bonchev–Trinajstić information content (AvgIpc) is 2.80. The summed E-state index contributed by atoms with van der Waals surface area (Å²) < 4.78 is 54.2. The minimum absolute atomic E-state index is 0.148. The van der Waals surface area contributed by atoms with Crippen molar-refractivity contribution < 1.29 is 22.3 Å². The van der Waals surface area contributed by atoms with Crippen molar-refractivity contribution in [3.05, 3.63) is 82.7 Å². The third-order valence-corrected chi connectivity index (χ3v) is 6.42. The molecular formula is C23H20FN3O5S. The van der Waals surface area contributed by atoms with Crippen molar-refractivity contribution in [2.75, 3.05) is 18.9 Å². The van der Waals surface area contributed by atoms with E-state index in [4.69, 9.17) is 9.47 Å². The number of halogens is 1. The van der Waals surface area contributed by atoms with Crippen LogP contribution in [0.3, 0.4) is 0 Å². The van der Waals surface area contributed by atoms with E-state index >= 15 is 0 Å². The van der Waals surface area contributed by atoms with Crippen molar-refractivity contribution in [3.8, 4) is 17.2 Å². The molecule has 0 unspecified atom stereocenters. The van der Waals surface area contributed by atoms with Gasteiger partial charge in [-0.15, -0.1) is 0 Å². The van der Waals surface area contributed by atoms with Crippen molar-refractivity contribution in [3.63, 3.8) is 0 Å². The summed E-state index contributed by atoms with van der Waals surface area (Å²) in [5.74, 6) is 0.128. The van der Waals surface area contributed by atoms with Gasteiger partial charge in [0.05, 0.1) is 41.4 Å². The van der Waals surface area contributed by atoms with Crippen LogP contribution in [-0.4, -0.2) is 32.2 Å². The lowest BCUT2D eigenvalue weighted by Crippen LogP contribution is -2.22. The van der Waals surface area contributed by atoms with E-state index in [9.17, 15) is 17.6 Å². The molecular weight excluding hydrogens is 449 g/mol. The molecule has 4 aromatic rings. The fourth-order valence-electron chi connectivity index (χ4n) is 3.47. The fourth-order valence-corrected chi connectivity index (χ4v) is 4.54. The second-order valence-corrected chi connectivity index (χ2v) is 8.79. The molecule has 8 nitrogen and oxygen atoms in total. The molecule has 0 fully saturated rings. The molecule has 33 heavy (non-hydrogen) atoms. The largest absolute Gasteiger partial charge is 0.493 e. The molecule has 0 aliphatic heterocycles. The molecule has 0 atom stereocenters. The Hall–Kier alpha value is -3.92. The SMILES string of the molecule is COc1ccc(S(=O)(=O)Nc2cc(-n3c(C)nc4ccccc4c3=O)ccc2F)cc1OC. The Morgan fingerprint density at radius 2 is 1.70 bits per heavy atom. The normalized spacial score (nSPS) is 11.4. The summed E-state index contributed by atoms with van der Waals surface area (Å²) in [5.41, 5.74) is 0.134. The standard InChI is InChI=1S/C23H20FN3O5S/c1-14-25-19-7-5-4-6-17(19)23(28)27(14)15-8-10-18(24)20(12-15)26-33(29,30)16-9-11-21(31-2)22(13-16)32-3/h4-13,26H,1-3H3. The van der Waals surface area contributed by atoms with Crippen molar-refractivity contribution in [1.29, 1.82) is 0 Å².